The second-order valence-electron chi connectivity index (χ2n) is 5.97. The Morgan fingerprint density at radius 1 is 1.07 bits per heavy atom. The fourth-order valence-electron chi connectivity index (χ4n) is 2.81. The van der Waals surface area contributed by atoms with E-state index in [4.69, 9.17) is 9.47 Å². The Morgan fingerprint density at radius 2 is 1.75 bits per heavy atom. The molecule has 0 radical (unpaired) electrons. The van der Waals surface area contributed by atoms with Gasteiger partial charge in [-0.3, -0.25) is 19.8 Å². The van der Waals surface area contributed by atoms with E-state index < -0.39 is 29.6 Å². The first-order chi connectivity index (χ1) is 13.4. The van der Waals surface area contributed by atoms with E-state index in [2.05, 4.69) is 10.9 Å². The van der Waals surface area contributed by atoms with Crippen LogP contribution in [0.2, 0.25) is 0 Å². The molecule has 1 saturated heterocycles. The first kappa shape index (κ1) is 19.3. The quantitative estimate of drug-likeness (QED) is 0.575. The molecule has 0 spiro atoms. The molecule has 1 fully saturated rings. The highest BCUT2D eigenvalue weighted by molar-refractivity contribution is 6.22. The van der Waals surface area contributed by atoms with Gasteiger partial charge in [-0.1, -0.05) is 0 Å². The van der Waals surface area contributed by atoms with Crippen LogP contribution in [0.1, 0.15) is 16.8 Å². The number of ether oxygens (including phenoxy) is 2. The summed E-state index contributed by atoms with van der Waals surface area (Å²) in [5.74, 6) is -1.12. The molecule has 8 nitrogen and oxygen atoms in total. The number of imide groups is 1. The highest BCUT2D eigenvalue weighted by Crippen LogP contribution is 2.27. The van der Waals surface area contributed by atoms with Crippen molar-refractivity contribution in [1.82, 2.24) is 10.9 Å². The number of rotatable bonds is 6. The molecule has 1 unspecified atom stereocenters. The van der Waals surface area contributed by atoms with Crippen LogP contribution in [0.3, 0.4) is 0 Å². The number of hydrazine groups is 1. The molecule has 2 aromatic rings. The second-order valence-corrected chi connectivity index (χ2v) is 5.97. The molecular formula is C19H18FN3O5. The van der Waals surface area contributed by atoms with Crippen molar-refractivity contribution in [2.75, 3.05) is 19.1 Å². The summed E-state index contributed by atoms with van der Waals surface area (Å²) in [7, 11) is 2.93. The van der Waals surface area contributed by atoms with Gasteiger partial charge >= 0.3 is 0 Å². The average molecular weight is 387 g/mol. The molecule has 9 heteroatoms. The lowest BCUT2D eigenvalue weighted by molar-refractivity contribution is -0.121. The molecule has 0 aromatic heterocycles. The van der Waals surface area contributed by atoms with Crippen LogP contribution in [0.15, 0.2) is 42.5 Å². The molecule has 3 amide bonds. The summed E-state index contributed by atoms with van der Waals surface area (Å²) in [4.78, 5) is 38.0. The maximum Gasteiger partial charge on any atom is 0.265 e. The predicted molar refractivity (Wildman–Crippen MR) is 97.4 cm³/mol. The van der Waals surface area contributed by atoms with Gasteiger partial charge in [0.15, 0.2) is 11.5 Å². The number of nitrogens with one attached hydrogen (secondary N) is 2. The van der Waals surface area contributed by atoms with Gasteiger partial charge in [-0.15, -0.1) is 0 Å². The van der Waals surface area contributed by atoms with E-state index in [0.29, 0.717) is 11.5 Å². The maximum atomic E-state index is 13.1. The number of hydrogen-bond donors (Lipinski definition) is 2. The van der Waals surface area contributed by atoms with E-state index in [1.807, 2.05) is 0 Å². The molecule has 2 N–H and O–H groups in total. The van der Waals surface area contributed by atoms with Gasteiger partial charge in [-0.25, -0.2) is 14.7 Å². The number of methoxy groups -OCH3 is 2. The Hall–Kier alpha value is -3.46. The Bertz CT molecular complexity index is 916. The summed E-state index contributed by atoms with van der Waals surface area (Å²) in [6.45, 7) is 0. The lowest BCUT2D eigenvalue weighted by atomic mass is 10.2. The van der Waals surface area contributed by atoms with Crippen molar-refractivity contribution >= 4 is 23.4 Å². The van der Waals surface area contributed by atoms with Crippen LogP contribution in [-0.2, 0) is 9.59 Å². The second kappa shape index (κ2) is 8.05. The fourth-order valence-corrected chi connectivity index (χ4v) is 2.81. The summed E-state index contributed by atoms with van der Waals surface area (Å²) in [6, 6.07) is 8.68. The zero-order valence-corrected chi connectivity index (χ0v) is 15.2. The molecule has 1 atom stereocenters. The predicted octanol–water partition coefficient (Wildman–Crippen LogP) is 1.41. The van der Waals surface area contributed by atoms with Gasteiger partial charge in [-0.2, -0.15) is 0 Å². The molecule has 146 valence electrons. The number of halogens is 1. The smallest absolute Gasteiger partial charge is 0.265 e. The summed E-state index contributed by atoms with van der Waals surface area (Å²) in [6.07, 6.45) is -0.136. The van der Waals surface area contributed by atoms with Crippen LogP contribution in [0.25, 0.3) is 0 Å². The summed E-state index contributed by atoms with van der Waals surface area (Å²) in [5.41, 5.74) is 5.54. The Balaban J connectivity index is 1.66. The minimum atomic E-state index is -0.929. The van der Waals surface area contributed by atoms with Gasteiger partial charge in [0.05, 0.1) is 26.3 Å². The van der Waals surface area contributed by atoms with E-state index >= 15 is 0 Å². The third-order valence-corrected chi connectivity index (χ3v) is 4.24. The Morgan fingerprint density at radius 3 is 2.39 bits per heavy atom. The molecule has 0 aliphatic carbocycles. The maximum absolute atomic E-state index is 13.1. The lowest BCUT2D eigenvalue weighted by Gasteiger charge is -2.16. The summed E-state index contributed by atoms with van der Waals surface area (Å²) < 4.78 is 23.3. The highest BCUT2D eigenvalue weighted by Gasteiger charge is 2.39. The van der Waals surface area contributed by atoms with Crippen LogP contribution < -0.4 is 25.2 Å². The number of anilines is 1. The van der Waals surface area contributed by atoms with Crippen LogP contribution in [-0.4, -0.2) is 38.0 Å². The van der Waals surface area contributed by atoms with Gasteiger partial charge in [0.25, 0.3) is 11.8 Å². The average Bonchev–Trinajstić information content (AvgIpc) is 2.99. The summed E-state index contributed by atoms with van der Waals surface area (Å²) in [5, 5.41) is 0. The van der Waals surface area contributed by atoms with Crippen LogP contribution in [0.5, 0.6) is 11.5 Å². The van der Waals surface area contributed by atoms with Gasteiger partial charge in [0.1, 0.15) is 11.9 Å². The molecule has 0 saturated carbocycles. The van der Waals surface area contributed by atoms with E-state index in [1.165, 1.54) is 38.5 Å². The lowest BCUT2D eigenvalue weighted by Crippen LogP contribution is -2.48. The van der Waals surface area contributed by atoms with E-state index in [-0.39, 0.29) is 17.7 Å². The van der Waals surface area contributed by atoms with Crippen molar-refractivity contribution in [3.05, 3.63) is 53.8 Å². The largest absolute Gasteiger partial charge is 0.493 e. The van der Waals surface area contributed by atoms with Crippen LogP contribution >= 0.6 is 0 Å². The molecule has 2 aromatic carbocycles. The molecule has 0 bridgehead atoms. The third kappa shape index (κ3) is 3.79. The molecule has 1 aliphatic rings. The first-order valence-corrected chi connectivity index (χ1v) is 8.35. The van der Waals surface area contributed by atoms with Gasteiger partial charge in [0.2, 0.25) is 5.91 Å². The fraction of sp³-hybridized carbons (Fsp3) is 0.211. The standard InChI is InChI=1S/C19H18FN3O5/c1-27-15-8-3-11(9-16(15)28-2)18(25)22-21-14-10-17(24)23(19(14)26)13-6-4-12(20)5-7-13/h3-9,14,21H,10H2,1-2H3,(H,22,25). The van der Waals surface area contributed by atoms with Crippen molar-refractivity contribution in [1.29, 1.82) is 0 Å². The van der Waals surface area contributed by atoms with Crippen molar-refractivity contribution in [2.45, 2.75) is 12.5 Å². The van der Waals surface area contributed by atoms with Crippen LogP contribution in [0, 0.1) is 5.82 Å². The van der Waals surface area contributed by atoms with Crippen LogP contribution in [0.4, 0.5) is 10.1 Å². The molecule has 28 heavy (non-hydrogen) atoms. The van der Waals surface area contributed by atoms with Gasteiger partial charge in [-0.05, 0) is 42.5 Å². The number of benzene rings is 2. The van der Waals surface area contributed by atoms with E-state index in [1.54, 1.807) is 6.07 Å². The first-order valence-electron chi connectivity index (χ1n) is 8.35. The normalized spacial score (nSPS) is 16.2. The van der Waals surface area contributed by atoms with Gasteiger partial charge < -0.3 is 9.47 Å². The molecule has 1 aliphatic heterocycles. The SMILES string of the molecule is COc1ccc(C(=O)NNC2CC(=O)N(c3ccc(F)cc3)C2=O)cc1OC. The van der Waals surface area contributed by atoms with Crippen molar-refractivity contribution < 1.29 is 28.2 Å². The third-order valence-electron chi connectivity index (χ3n) is 4.24. The monoisotopic (exact) mass is 387 g/mol. The minimum absolute atomic E-state index is 0.136. The molecule has 3 rings (SSSR count). The number of hydrogen-bond acceptors (Lipinski definition) is 6. The zero-order valence-electron chi connectivity index (χ0n) is 15.2. The van der Waals surface area contributed by atoms with Crippen molar-refractivity contribution in [3.63, 3.8) is 0 Å². The van der Waals surface area contributed by atoms with E-state index in [0.717, 1.165) is 17.0 Å². The van der Waals surface area contributed by atoms with Crippen molar-refractivity contribution in [3.8, 4) is 11.5 Å². The molecular weight excluding hydrogens is 369 g/mol. The minimum Gasteiger partial charge on any atom is -0.493 e. The number of carbonyl (C=O) groups excluding carboxylic acids is 3. The number of nitrogens with zero attached hydrogens (tertiary/aromatic N) is 1. The van der Waals surface area contributed by atoms with Crippen molar-refractivity contribution in [2.24, 2.45) is 0 Å². The highest BCUT2D eigenvalue weighted by atomic mass is 19.1. The van der Waals surface area contributed by atoms with E-state index in [9.17, 15) is 18.8 Å². The Labute approximate surface area is 160 Å². The molecule has 1 heterocycles. The number of amides is 3. The topological polar surface area (TPSA) is 97.0 Å². The van der Waals surface area contributed by atoms with Gasteiger partial charge in [0, 0.05) is 5.56 Å². The number of carbonyl (C=O) groups is 3. The zero-order chi connectivity index (χ0) is 20.3. The summed E-state index contributed by atoms with van der Waals surface area (Å²) >= 11 is 0. The Kier molecular flexibility index (Phi) is 5.55.